The second kappa shape index (κ2) is 22.5. The maximum atomic E-state index is 12.3. The van der Waals surface area contributed by atoms with Gasteiger partial charge in [0.25, 0.3) is 0 Å². The molecule has 3 rings (SSSR count). The van der Waals surface area contributed by atoms with E-state index in [-0.39, 0.29) is 59.1 Å². The summed E-state index contributed by atoms with van der Waals surface area (Å²) < 4.78 is 84.2. The Morgan fingerprint density at radius 1 is 0.980 bits per heavy atom. The number of carbonyl (C=O) groups is 2. The van der Waals surface area contributed by atoms with Crippen LogP contribution < -0.4 is 54.0 Å². The molecule has 2 heterocycles. The van der Waals surface area contributed by atoms with Crippen LogP contribution in [0.4, 0.5) is 29.6 Å². The molecular weight excluding hydrogens is 732 g/mol. The van der Waals surface area contributed by atoms with Crippen molar-refractivity contribution in [1.29, 1.82) is 0 Å². The predicted octanol–water partition coefficient (Wildman–Crippen LogP) is 2.94. The number of pyridine rings is 1. The summed E-state index contributed by atoms with van der Waals surface area (Å²) in [4.78, 5) is 36.9. The van der Waals surface area contributed by atoms with E-state index < -0.39 is 39.6 Å². The summed E-state index contributed by atoms with van der Waals surface area (Å²) in [6.07, 6.45) is -0.962. The van der Waals surface area contributed by atoms with Crippen molar-refractivity contribution in [1.82, 2.24) is 15.0 Å². The van der Waals surface area contributed by atoms with Crippen LogP contribution in [0.2, 0.25) is 0 Å². The molecule has 0 aliphatic carbocycles. The number of sulfonamides is 1. The largest absolute Gasteiger partial charge is 1.00 e. The molecule has 0 aliphatic heterocycles. The molecule has 276 valence electrons. The van der Waals surface area contributed by atoms with Gasteiger partial charge in [-0.15, -0.1) is 11.6 Å². The number of nitrogens with one attached hydrogen (secondary N) is 1. The van der Waals surface area contributed by atoms with Crippen molar-refractivity contribution in [3.63, 3.8) is 0 Å². The average molecular weight is 771 g/mol. The number of hydrogen-bond acceptors (Lipinski definition) is 11. The summed E-state index contributed by atoms with van der Waals surface area (Å²) in [6, 6.07) is 8.16. The Hall–Kier alpha value is -3.42. The van der Waals surface area contributed by atoms with Crippen molar-refractivity contribution in [3.05, 3.63) is 58.4 Å². The van der Waals surface area contributed by atoms with Crippen LogP contribution in [0.15, 0.2) is 47.6 Å². The second-order valence-electron chi connectivity index (χ2n) is 9.91. The van der Waals surface area contributed by atoms with Crippen molar-refractivity contribution in [2.24, 2.45) is 0 Å². The fraction of sp³-hybridized carbons (Fsp3) is 0.452. The van der Waals surface area contributed by atoms with Crippen molar-refractivity contribution in [2.45, 2.75) is 51.2 Å². The maximum absolute atomic E-state index is 12.3. The Morgan fingerprint density at radius 2 is 1.59 bits per heavy atom. The fourth-order valence-electron chi connectivity index (χ4n) is 4.18. The Morgan fingerprint density at radius 3 is 2.10 bits per heavy atom. The van der Waals surface area contributed by atoms with Gasteiger partial charge in [-0.1, -0.05) is 39.0 Å². The van der Waals surface area contributed by atoms with Crippen LogP contribution in [0, 0.1) is 0 Å². The molecule has 20 heteroatoms. The number of para-hydroxylation sites is 1. The first-order chi connectivity index (χ1) is 23.7. The number of anilines is 2. The summed E-state index contributed by atoms with van der Waals surface area (Å²) in [5.41, 5.74) is 3.39. The molecule has 0 saturated carbocycles. The number of methoxy groups -OCH3 is 2. The van der Waals surface area contributed by atoms with Gasteiger partial charge in [-0.05, 0) is 42.5 Å². The van der Waals surface area contributed by atoms with Gasteiger partial charge in [0.2, 0.25) is 27.7 Å². The fourth-order valence-corrected chi connectivity index (χ4v) is 5.25. The number of nitrogens with zero attached hydrogens (tertiary/aromatic N) is 5. The quantitative estimate of drug-likeness (QED) is 0.129. The summed E-state index contributed by atoms with van der Waals surface area (Å²) in [6.45, 7) is 6.34. The first kappa shape index (κ1) is 45.6. The third-order valence-corrected chi connectivity index (χ3v) is 7.78. The summed E-state index contributed by atoms with van der Waals surface area (Å²) in [7, 11) is -2.25. The number of aryl methyl sites for hydroxylation is 2. The zero-order valence-electron chi connectivity index (χ0n) is 29.1. The van der Waals surface area contributed by atoms with E-state index in [1.807, 2.05) is 5.32 Å². The van der Waals surface area contributed by atoms with Crippen molar-refractivity contribution in [3.8, 4) is 17.5 Å². The van der Waals surface area contributed by atoms with E-state index in [9.17, 15) is 31.2 Å². The molecule has 0 spiro atoms. The Kier molecular flexibility index (Phi) is 20.1. The van der Waals surface area contributed by atoms with E-state index in [0.29, 0.717) is 13.2 Å². The molecule has 51 heavy (non-hydrogen) atoms. The predicted molar refractivity (Wildman–Crippen MR) is 180 cm³/mol. The standard InChI is InChI=1S/C17H26ClNO2.C14H14F3N5O6S.Na/c1-4-11-21-12-10-19(16(20)13-18)17-14(5-2)8-7-9-15(17)6-3;1-26-9-6-10(27-2)20-12(19-9)21-13(23)22-29(24,25)11-8(4-3-5-18-11)28-7-14(15,16)17;/h7-9H,4-6,10-13H2,1-3H3;3-6H,7H2,1-2H3,(H2,19,20,21,22,23);/q;;+1/p-1. The molecule has 0 unspecified atom stereocenters. The van der Waals surface area contributed by atoms with Gasteiger partial charge in [0.05, 0.1) is 32.6 Å². The first-order valence-electron chi connectivity index (χ1n) is 15.2. The molecule has 0 saturated heterocycles. The minimum atomic E-state index is -4.82. The van der Waals surface area contributed by atoms with E-state index in [2.05, 4.69) is 63.4 Å². The van der Waals surface area contributed by atoms with Crippen LogP contribution in [0.3, 0.4) is 0 Å². The number of hydrogen-bond donors (Lipinski definition) is 1. The number of urea groups is 1. The zero-order chi connectivity index (χ0) is 37.3. The van der Waals surface area contributed by atoms with Gasteiger partial charge in [-0.2, -0.15) is 23.1 Å². The summed E-state index contributed by atoms with van der Waals surface area (Å²) >= 11 is 5.80. The second-order valence-corrected chi connectivity index (χ2v) is 11.7. The van der Waals surface area contributed by atoms with E-state index in [1.165, 1.54) is 31.4 Å². The van der Waals surface area contributed by atoms with Gasteiger partial charge < -0.3 is 33.9 Å². The van der Waals surface area contributed by atoms with Gasteiger partial charge in [0.15, 0.2) is 29.4 Å². The molecule has 0 radical (unpaired) electrons. The number of benzene rings is 1. The normalized spacial score (nSPS) is 10.9. The smallest absolute Gasteiger partial charge is 0.481 e. The molecule has 0 bridgehead atoms. The minimum absolute atomic E-state index is 0. The Balaban J connectivity index is 0.000000526. The summed E-state index contributed by atoms with van der Waals surface area (Å²) in [5, 5.41) is 1.01. The maximum Gasteiger partial charge on any atom is 1.00 e. The van der Waals surface area contributed by atoms with Gasteiger partial charge in [0.1, 0.15) is 5.88 Å². The SMILES string of the molecule is CCCOCCN(C(=O)CCl)c1c(CC)cccc1CC.COc1cc(OC)nc(NC(=O)[N-]S(=O)(=O)c2ncccc2OCC(F)(F)F)n1.[Na+]. The van der Waals surface area contributed by atoms with Crippen molar-refractivity contribution in [2.75, 3.05) is 56.7 Å². The van der Waals surface area contributed by atoms with Crippen LogP contribution >= 0.6 is 11.6 Å². The third kappa shape index (κ3) is 15.0. The Bertz CT molecular complexity index is 1630. The molecule has 3 amide bonds. The molecule has 14 nitrogen and oxygen atoms in total. The van der Waals surface area contributed by atoms with Crippen LogP contribution in [0.25, 0.3) is 4.72 Å². The molecule has 1 N–H and O–H groups in total. The van der Waals surface area contributed by atoms with Gasteiger partial charge >= 0.3 is 35.7 Å². The molecule has 0 atom stereocenters. The van der Waals surface area contributed by atoms with E-state index in [0.717, 1.165) is 49.9 Å². The number of halogens is 4. The van der Waals surface area contributed by atoms with Crippen molar-refractivity contribution >= 4 is 45.2 Å². The molecule has 3 aromatic rings. The number of alkyl halides is 4. The zero-order valence-corrected chi connectivity index (χ0v) is 32.7. The molecule has 2 aromatic heterocycles. The summed E-state index contributed by atoms with van der Waals surface area (Å²) in [5.74, 6) is -1.17. The van der Waals surface area contributed by atoms with Gasteiger partial charge in [-0.3, -0.25) is 9.59 Å². The van der Waals surface area contributed by atoms with Crippen LogP contribution in [-0.2, 0) is 32.4 Å². The monoisotopic (exact) mass is 770 g/mol. The number of carbonyl (C=O) groups excluding carboxylic acids is 2. The number of amides is 3. The van der Waals surface area contributed by atoms with Crippen LogP contribution in [-0.4, -0.2) is 87.9 Å². The number of ether oxygens (including phenoxy) is 4. The van der Waals surface area contributed by atoms with E-state index in [1.54, 1.807) is 4.90 Å². The van der Waals surface area contributed by atoms with Crippen LogP contribution in [0.1, 0.15) is 38.3 Å². The first-order valence-corrected chi connectivity index (χ1v) is 17.2. The molecule has 1 aromatic carbocycles. The van der Waals surface area contributed by atoms with Gasteiger partial charge in [-0.25, -0.2) is 13.4 Å². The third-order valence-electron chi connectivity index (χ3n) is 6.35. The van der Waals surface area contributed by atoms with Gasteiger partial charge in [0, 0.05) is 19.3 Å². The topological polar surface area (TPSA) is 173 Å². The van der Waals surface area contributed by atoms with E-state index in [4.69, 9.17) is 25.8 Å². The minimum Gasteiger partial charge on any atom is -0.481 e. The average Bonchev–Trinajstić information content (AvgIpc) is 3.09. The molecule has 0 aliphatic rings. The molecular formula is C31H39ClF3N6NaO8S. The van der Waals surface area contributed by atoms with E-state index >= 15 is 0 Å². The number of rotatable bonds is 16. The molecule has 0 fully saturated rings. The van der Waals surface area contributed by atoms with Crippen molar-refractivity contribution < 1.29 is 79.7 Å². The number of aromatic nitrogens is 3. The van der Waals surface area contributed by atoms with Crippen LogP contribution in [0.5, 0.6) is 17.5 Å². The Labute approximate surface area is 322 Å².